The number of aromatic nitrogens is 1. The van der Waals surface area contributed by atoms with E-state index in [4.69, 9.17) is 11.6 Å². The molecule has 0 saturated heterocycles. The first-order valence-electron chi connectivity index (χ1n) is 6.23. The lowest BCUT2D eigenvalue weighted by atomic mass is 10.1. The molecule has 2 nitrogen and oxygen atoms in total. The van der Waals surface area contributed by atoms with Crippen LogP contribution in [0.15, 0.2) is 18.2 Å². The molecule has 1 heterocycles. The second-order valence-corrected chi connectivity index (χ2v) is 5.06. The molecular weight excluding hydrogens is 246 g/mol. The zero-order chi connectivity index (χ0) is 13.3. The third-order valence-electron chi connectivity index (χ3n) is 3.41. The van der Waals surface area contributed by atoms with Crippen molar-refractivity contribution in [3.05, 3.63) is 35.0 Å². The molecule has 3 heteroatoms. The van der Waals surface area contributed by atoms with Crippen molar-refractivity contribution in [3.63, 3.8) is 0 Å². The maximum atomic E-state index is 11.8. The van der Waals surface area contributed by atoms with Crippen molar-refractivity contribution in [1.82, 2.24) is 4.57 Å². The van der Waals surface area contributed by atoms with Gasteiger partial charge in [-0.3, -0.25) is 4.79 Å². The van der Waals surface area contributed by atoms with Crippen LogP contribution in [0.5, 0.6) is 0 Å². The number of hydrogen-bond donors (Lipinski definition) is 0. The van der Waals surface area contributed by atoms with E-state index >= 15 is 0 Å². The molecule has 0 spiro atoms. The number of nitrogens with zero attached hydrogens (tertiary/aromatic N) is 1. The Kier molecular flexibility index (Phi) is 3.76. The first kappa shape index (κ1) is 13.2. The van der Waals surface area contributed by atoms with Crippen LogP contribution in [0.1, 0.15) is 35.0 Å². The highest BCUT2D eigenvalue weighted by Gasteiger charge is 2.17. The molecule has 0 aliphatic rings. The summed E-state index contributed by atoms with van der Waals surface area (Å²) in [4.78, 5) is 11.8. The van der Waals surface area contributed by atoms with Gasteiger partial charge >= 0.3 is 0 Å². The molecule has 2 rings (SSSR count). The molecule has 1 aromatic carbocycles. The number of ketones is 1. The van der Waals surface area contributed by atoms with Crippen LogP contribution in [0, 0.1) is 13.8 Å². The first-order chi connectivity index (χ1) is 8.57. The van der Waals surface area contributed by atoms with Gasteiger partial charge in [-0.25, -0.2) is 0 Å². The van der Waals surface area contributed by atoms with Crippen LogP contribution in [0.4, 0.5) is 0 Å². The number of aryl methyl sites for hydroxylation is 2. The lowest BCUT2D eigenvalue weighted by Crippen LogP contribution is -2.03. The Balaban J connectivity index is 2.75. The van der Waals surface area contributed by atoms with Gasteiger partial charge in [0.2, 0.25) is 0 Å². The number of fused-ring (bicyclic) bond motifs is 1. The Hall–Kier alpha value is -1.28. The zero-order valence-corrected chi connectivity index (χ0v) is 11.8. The summed E-state index contributed by atoms with van der Waals surface area (Å²) in [6.45, 7) is 6.60. The molecular formula is C15H18ClNO. The van der Waals surface area contributed by atoms with Crippen LogP contribution in [-0.2, 0) is 6.54 Å². The molecule has 0 fully saturated rings. The molecule has 0 unspecified atom stereocenters. The third-order valence-corrected chi connectivity index (χ3v) is 3.68. The van der Waals surface area contributed by atoms with Crippen LogP contribution in [0.2, 0.25) is 0 Å². The van der Waals surface area contributed by atoms with Crippen molar-refractivity contribution in [2.75, 3.05) is 5.88 Å². The molecule has 1 aromatic heterocycles. The summed E-state index contributed by atoms with van der Waals surface area (Å²) in [7, 11) is 0. The fourth-order valence-electron chi connectivity index (χ4n) is 2.66. The number of hydrogen-bond acceptors (Lipinski definition) is 1. The van der Waals surface area contributed by atoms with Crippen molar-refractivity contribution in [2.45, 2.75) is 33.7 Å². The minimum atomic E-state index is 0.132. The van der Waals surface area contributed by atoms with Crippen LogP contribution in [0.25, 0.3) is 10.9 Å². The minimum absolute atomic E-state index is 0.132. The molecule has 0 radical (unpaired) electrons. The molecule has 0 bridgehead atoms. The van der Waals surface area contributed by atoms with Crippen molar-refractivity contribution < 1.29 is 4.79 Å². The van der Waals surface area contributed by atoms with E-state index in [2.05, 4.69) is 17.6 Å². The van der Waals surface area contributed by atoms with Gasteiger partial charge in [-0.15, -0.1) is 11.6 Å². The average Bonchev–Trinajstić information content (AvgIpc) is 2.60. The molecule has 0 atom stereocenters. The Morgan fingerprint density at radius 2 is 2.06 bits per heavy atom. The molecule has 0 aliphatic carbocycles. The number of para-hydroxylation sites is 1. The summed E-state index contributed by atoms with van der Waals surface area (Å²) in [5, 5.41) is 1.06. The van der Waals surface area contributed by atoms with E-state index < -0.39 is 0 Å². The van der Waals surface area contributed by atoms with Gasteiger partial charge in [-0.05, 0) is 32.8 Å². The zero-order valence-electron chi connectivity index (χ0n) is 11.1. The topological polar surface area (TPSA) is 22.0 Å². The SMILES string of the molecule is CC(=O)c1c(C)n(CCCCl)c2c(C)cccc12. The highest BCUT2D eigenvalue weighted by molar-refractivity contribution is 6.17. The molecule has 96 valence electrons. The van der Waals surface area contributed by atoms with E-state index in [0.717, 1.165) is 29.6 Å². The Morgan fingerprint density at radius 1 is 1.33 bits per heavy atom. The molecule has 2 aromatic rings. The van der Waals surface area contributed by atoms with E-state index in [1.165, 1.54) is 11.1 Å². The monoisotopic (exact) mass is 263 g/mol. The largest absolute Gasteiger partial charge is 0.344 e. The smallest absolute Gasteiger partial charge is 0.162 e. The molecule has 0 saturated carbocycles. The fourth-order valence-corrected chi connectivity index (χ4v) is 2.78. The van der Waals surface area contributed by atoms with Gasteiger partial charge < -0.3 is 4.57 Å². The van der Waals surface area contributed by atoms with Gasteiger partial charge in [0.05, 0.1) is 5.52 Å². The van der Waals surface area contributed by atoms with Crippen molar-refractivity contribution in [1.29, 1.82) is 0 Å². The van der Waals surface area contributed by atoms with E-state index in [1.54, 1.807) is 6.92 Å². The average molecular weight is 264 g/mol. The summed E-state index contributed by atoms with van der Waals surface area (Å²) in [5.41, 5.74) is 4.28. The van der Waals surface area contributed by atoms with Crippen molar-refractivity contribution in [2.24, 2.45) is 0 Å². The van der Waals surface area contributed by atoms with Gasteiger partial charge in [0.1, 0.15) is 0 Å². The lowest BCUT2D eigenvalue weighted by Gasteiger charge is -2.08. The van der Waals surface area contributed by atoms with Gasteiger partial charge in [-0.1, -0.05) is 18.2 Å². The number of rotatable bonds is 4. The van der Waals surface area contributed by atoms with E-state index in [9.17, 15) is 4.79 Å². The summed E-state index contributed by atoms with van der Waals surface area (Å²) >= 11 is 5.78. The molecule has 0 N–H and O–H groups in total. The molecule has 0 amide bonds. The Morgan fingerprint density at radius 3 is 2.67 bits per heavy atom. The fraction of sp³-hybridized carbons (Fsp3) is 0.400. The minimum Gasteiger partial charge on any atom is -0.344 e. The van der Waals surface area contributed by atoms with Gasteiger partial charge in [0.25, 0.3) is 0 Å². The quantitative estimate of drug-likeness (QED) is 0.602. The number of alkyl halides is 1. The maximum absolute atomic E-state index is 11.8. The number of Topliss-reactive ketones (excluding diaryl/α,β-unsaturated/α-hetero) is 1. The number of carbonyl (C=O) groups is 1. The first-order valence-corrected chi connectivity index (χ1v) is 6.76. The molecule has 18 heavy (non-hydrogen) atoms. The summed E-state index contributed by atoms with van der Waals surface area (Å²) in [6, 6.07) is 6.13. The van der Waals surface area contributed by atoms with E-state index in [1.807, 2.05) is 19.1 Å². The Labute approximate surface area is 113 Å². The lowest BCUT2D eigenvalue weighted by molar-refractivity contribution is 0.101. The Bertz CT molecular complexity index is 598. The molecule has 0 aliphatic heterocycles. The van der Waals surface area contributed by atoms with E-state index in [-0.39, 0.29) is 5.78 Å². The van der Waals surface area contributed by atoms with Crippen LogP contribution in [0.3, 0.4) is 0 Å². The summed E-state index contributed by atoms with van der Waals surface area (Å²) in [5.74, 6) is 0.771. The highest BCUT2D eigenvalue weighted by atomic mass is 35.5. The van der Waals surface area contributed by atoms with Crippen molar-refractivity contribution in [3.8, 4) is 0 Å². The predicted molar refractivity (Wildman–Crippen MR) is 76.8 cm³/mol. The van der Waals surface area contributed by atoms with Gasteiger partial charge in [-0.2, -0.15) is 0 Å². The standard InChI is InChI=1S/C15H18ClNO/c1-10-6-4-7-13-14(12(3)18)11(2)17(15(10)13)9-5-8-16/h4,6-7H,5,8-9H2,1-3H3. The van der Waals surface area contributed by atoms with Crippen LogP contribution >= 0.6 is 11.6 Å². The summed E-state index contributed by atoms with van der Waals surface area (Å²) < 4.78 is 2.23. The number of benzene rings is 1. The third kappa shape index (κ3) is 2.05. The van der Waals surface area contributed by atoms with Crippen LogP contribution < -0.4 is 0 Å². The second-order valence-electron chi connectivity index (χ2n) is 4.68. The number of halogens is 1. The second kappa shape index (κ2) is 5.15. The van der Waals surface area contributed by atoms with Gasteiger partial charge in [0.15, 0.2) is 5.78 Å². The van der Waals surface area contributed by atoms with Crippen LogP contribution in [-0.4, -0.2) is 16.2 Å². The predicted octanol–water partition coefficient (Wildman–Crippen LogP) is 4.09. The normalized spacial score (nSPS) is 11.1. The van der Waals surface area contributed by atoms with Crippen molar-refractivity contribution >= 4 is 28.3 Å². The van der Waals surface area contributed by atoms with Gasteiger partial charge in [0, 0.05) is 29.1 Å². The maximum Gasteiger partial charge on any atom is 0.162 e. The van der Waals surface area contributed by atoms with E-state index in [0.29, 0.717) is 5.88 Å². The highest BCUT2D eigenvalue weighted by Crippen LogP contribution is 2.29. The summed E-state index contributed by atoms with van der Waals surface area (Å²) in [6.07, 6.45) is 0.915. The number of carbonyl (C=O) groups excluding carboxylic acids is 1.